The topological polar surface area (TPSA) is 72.5 Å². The summed E-state index contributed by atoms with van der Waals surface area (Å²) < 4.78 is 11.3. The largest absolute Gasteiger partial charge is 0.489 e. The van der Waals surface area contributed by atoms with Crippen LogP contribution in [0.15, 0.2) is 36.5 Å². The fraction of sp³-hybridized carbons (Fsp3) is 0.556. The van der Waals surface area contributed by atoms with Crippen LogP contribution in [0.4, 0.5) is 0 Å². The number of carbonyl (C=O) groups is 1. The van der Waals surface area contributed by atoms with Gasteiger partial charge in [-0.15, -0.1) is 0 Å². The minimum Gasteiger partial charge on any atom is -0.489 e. The molecule has 0 radical (unpaired) electrons. The van der Waals surface area contributed by atoms with E-state index in [0.29, 0.717) is 18.1 Å². The Bertz CT molecular complexity index is 907. The maximum absolute atomic E-state index is 12.7. The molecular formula is C27H37N3O3. The third kappa shape index (κ3) is 7.02. The molecule has 2 aromatic rings. The first kappa shape index (κ1) is 23.7. The Hall–Kier alpha value is -2.44. The minimum atomic E-state index is -0.125. The first-order chi connectivity index (χ1) is 16.1. The van der Waals surface area contributed by atoms with Gasteiger partial charge in [-0.1, -0.05) is 32.0 Å². The predicted octanol–water partition coefficient (Wildman–Crippen LogP) is 4.06. The average Bonchev–Trinajstić information content (AvgIpc) is 3.34. The summed E-state index contributed by atoms with van der Waals surface area (Å²) in [7, 11) is 0. The number of nitrogens with zero attached hydrogens (tertiary/aromatic N) is 1. The summed E-state index contributed by atoms with van der Waals surface area (Å²) in [6, 6.07) is 10.4. The lowest BCUT2D eigenvalue weighted by atomic mass is 9.87. The fourth-order valence-electron chi connectivity index (χ4n) is 4.49. The van der Waals surface area contributed by atoms with Crippen LogP contribution in [-0.2, 0) is 24.1 Å². The van der Waals surface area contributed by atoms with Crippen LogP contribution < -0.4 is 15.4 Å². The van der Waals surface area contributed by atoms with Gasteiger partial charge in [0, 0.05) is 19.2 Å². The Morgan fingerprint density at radius 1 is 1.21 bits per heavy atom. The zero-order valence-corrected chi connectivity index (χ0v) is 19.9. The van der Waals surface area contributed by atoms with Crippen LogP contribution in [0.25, 0.3) is 0 Å². The van der Waals surface area contributed by atoms with Gasteiger partial charge < -0.3 is 20.1 Å². The summed E-state index contributed by atoms with van der Waals surface area (Å²) in [4.78, 5) is 17.0. The Labute approximate surface area is 197 Å². The molecule has 2 aliphatic rings. The highest BCUT2D eigenvalue weighted by molar-refractivity contribution is 5.92. The van der Waals surface area contributed by atoms with Crippen molar-refractivity contribution < 1.29 is 14.3 Å². The number of benzene rings is 1. The number of ether oxygens (including phenoxy) is 2. The zero-order chi connectivity index (χ0) is 23.0. The third-order valence-electron chi connectivity index (χ3n) is 6.49. The van der Waals surface area contributed by atoms with Crippen molar-refractivity contribution >= 4 is 5.91 Å². The summed E-state index contributed by atoms with van der Waals surface area (Å²) in [6.07, 6.45) is 7.92. The molecule has 1 saturated heterocycles. The van der Waals surface area contributed by atoms with Gasteiger partial charge in [0.25, 0.3) is 5.91 Å². The molecule has 2 heterocycles. The number of aromatic nitrogens is 1. The van der Waals surface area contributed by atoms with Crippen molar-refractivity contribution in [1.29, 1.82) is 0 Å². The molecule has 1 aromatic heterocycles. The van der Waals surface area contributed by atoms with Crippen molar-refractivity contribution in [3.8, 4) is 5.75 Å². The van der Waals surface area contributed by atoms with E-state index in [2.05, 4.69) is 47.7 Å². The van der Waals surface area contributed by atoms with Crippen molar-refractivity contribution in [3.63, 3.8) is 0 Å². The molecule has 6 heteroatoms. The van der Waals surface area contributed by atoms with Gasteiger partial charge in [0.05, 0.1) is 12.3 Å². The molecule has 1 aliphatic carbocycles. The van der Waals surface area contributed by atoms with E-state index in [1.165, 1.54) is 23.1 Å². The average molecular weight is 452 g/mol. The zero-order valence-electron chi connectivity index (χ0n) is 19.9. The van der Waals surface area contributed by atoms with E-state index >= 15 is 0 Å². The number of rotatable bonds is 10. The number of pyridine rings is 1. The lowest BCUT2D eigenvalue weighted by Gasteiger charge is -2.26. The normalized spacial score (nSPS) is 20.0. The number of hydrogen-bond donors (Lipinski definition) is 2. The van der Waals surface area contributed by atoms with Crippen molar-refractivity contribution in [2.75, 3.05) is 19.8 Å². The van der Waals surface area contributed by atoms with Gasteiger partial charge in [0.1, 0.15) is 18.1 Å². The highest BCUT2D eigenvalue weighted by Gasteiger charge is 2.22. The van der Waals surface area contributed by atoms with Gasteiger partial charge >= 0.3 is 0 Å². The van der Waals surface area contributed by atoms with Crippen LogP contribution in [0, 0.1) is 5.92 Å². The molecule has 0 saturated carbocycles. The Morgan fingerprint density at radius 2 is 2.12 bits per heavy atom. The first-order valence-electron chi connectivity index (χ1n) is 12.4. The van der Waals surface area contributed by atoms with Gasteiger partial charge in [-0.3, -0.25) is 4.79 Å². The summed E-state index contributed by atoms with van der Waals surface area (Å²) in [6.45, 7) is 7.82. The molecule has 178 valence electrons. The standard InChI is InChI=1S/C27H37N3O3/c1-19(2)11-12-28-16-20-5-6-22-15-23(8-7-21(22)14-20)30-27(31)26-10-9-24(17-29-26)33-18-25-4-3-13-32-25/h5-6,9-10,14,17,19,23,25,28H,3-4,7-8,11-13,15-16,18H2,1-2H3,(H,30,31)/t23-,25-/m0/s1. The molecule has 0 unspecified atom stereocenters. The molecule has 1 fully saturated rings. The number of nitrogens with one attached hydrogen (secondary N) is 2. The van der Waals surface area contributed by atoms with E-state index in [-0.39, 0.29) is 18.1 Å². The first-order valence-corrected chi connectivity index (χ1v) is 12.4. The summed E-state index contributed by atoms with van der Waals surface area (Å²) in [5.41, 5.74) is 4.51. The molecule has 4 rings (SSSR count). The van der Waals surface area contributed by atoms with Gasteiger partial charge in [0.15, 0.2) is 0 Å². The van der Waals surface area contributed by atoms with E-state index < -0.39 is 0 Å². The van der Waals surface area contributed by atoms with E-state index in [9.17, 15) is 4.79 Å². The Kier molecular flexibility index (Phi) is 8.35. The van der Waals surface area contributed by atoms with Gasteiger partial charge in [-0.2, -0.15) is 0 Å². The Balaban J connectivity index is 1.24. The summed E-state index contributed by atoms with van der Waals surface area (Å²) in [5.74, 6) is 1.27. The number of carbonyl (C=O) groups excluding carboxylic acids is 1. The molecule has 1 aromatic carbocycles. The highest BCUT2D eigenvalue weighted by atomic mass is 16.5. The second-order valence-corrected chi connectivity index (χ2v) is 9.70. The molecule has 1 aliphatic heterocycles. The monoisotopic (exact) mass is 451 g/mol. The van der Waals surface area contributed by atoms with Gasteiger partial charge in [-0.25, -0.2) is 4.98 Å². The predicted molar refractivity (Wildman–Crippen MR) is 130 cm³/mol. The highest BCUT2D eigenvalue weighted by Crippen LogP contribution is 2.23. The van der Waals surface area contributed by atoms with Crippen molar-refractivity contribution in [2.24, 2.45) is 5.92 Å². The molecule has 33 heavy (non-hydrogen) atoms. The second-order valence-electron chi connectivity index (χ2n) is 9.70. The van der Waals surface area contributed by atoms with E-state index in [0.717, 1.165) is 57.7 Å². The van der Waals surface area contributed by atoms with E-state index in [4.69, 9.17) is 9.47 Å². The minimum absolute atomic E-state index is 0.125. The molecule has 2 atom stereocenters. The fourth-order valence-corrected chi connectivity index (χ4v) is 4.49. The van der Waals surface area contributed by atoms with Gasteiger partial charge in [-0.05, 0) is 79.8 Å². The third-order valence-corrected chi connectivity index (χ3v) is 6.49. The van der Waals surface area contributed by atoms with Gasteiger partial charge in [0.2, 0.25) is 0 Å². The summed E-state index contributed by atoms with van der Waals surface area (Å²) >= 11 is 0. The number of hydrogen-bond acceptors (Lipinski definition) is 5. The number of amides is 1. The molecule has 0 bridgehead atoms. The van der Waals surface area contributed by atoms with Crippen LogP contribution >= 0.6 is 0 Å². The van der Waals surface area contributed by atoms with Crippen molar-refractivity contribution in [3.05, 3.63) is 58.9 Å². The van der Waals surface area contributed by atoms with Crippen LogP contribution in [0.3, 0.4) is 0 Å². The van der Waals surface area contributed by atoms with Crippen LogP contribution in [0.2, 0.25) is 0 Å². The van der Waals surface area contributed by atoms with Crippen molar-refractivity contribution in [2.45, 2.75) is 71.1 Å². The van der Waals surface area contributed by atoms with E-state index in [1.807, 2.05) is 6.07 Å². The summed E-state index contributed by atoms with van der Waals surface area (Å²) in [5, 5.41) is 6.70. The molecule has 1 amide bonds. The quantitative estimate of drug-likeness (QED) is 0.533. The lowest BCUT2D eigenvalue weighted by molar-refractivity contribution is 0.0678. The van der Waals surface area contributed by atoms with Crippen molar-refractivity contribution in [1.82, 2.24) is 15.6 Å². The SMILES string of the molecule is CC(C)CCNCc1ccc2c(c1)CC[C@H](NC(=O)c1ccc(OC[C@@H]3CCCO3)cn1)C2. The molecule has 0 spiro atoms. The number of aryl methyl sites for hydroxylation is 1. The smallest absolute Gasteiger partial charge is 0.270 e. The van der Waals surface area contributed by atoms with E-state index in [1.54, 1.807) is 12.3 Å². The van der Waals surface area contributed by atoms with Crippen LogP contribution in [-0.4, -0.2) is 42.8 Å². The van der Waals surface area contributed by atoms with Crippen LogP contribution in [0.5, 0.6) is 5.75 Å². The second kappa shape index (κ2) is 11.6. The maximum Gasteiger partial charge on any atom is 0.270 e. The Morgan fingerprint density at radius 3 is 2.88 bits per heavy atom. The van der Waals surface area contributed by atoms with Crippen LogP contribution in [0.1, 0.15) is 66.7 Å². The maximum atomic E-state index is 12.7. The molecule has 2 N–H and O–H groups in total. The molecular weight excluding hydrogens is 414 g/mol. The molecule has 6 nitrogen and oxygen atoms in total. The lowest BCUT2D eigenvalue weighted by Crippen LogP contribution is -2.39. The number of fused-ring (bicyclic) bond motifs is 1.